The van der Waals surface area contributed by atoms with Gasteiger partial charge in [0.15, 0.2) is 0 Å². The van der Waals surface area contributed by atoms with E-state index in [0.717, 1.165) is 19.4 Å². The minimum Gasteiger partial charge on any atom is -0.352 e. The van der Waals surface area contributed by atoms with Crippen LogP contribution in [0.1, 0.15) is 40.5 Å². The normalized spacial score (nSPS) is 21.8. The highest BCUT2D eigenvalue weighted by atomic mass is 16.2. The molecule has 1 atom stereocenters. The molecule has 1 unspecified atom stereocenters. The molecule has 1 aliphatic rings. The van der Waals surface area contributed by atoms with Gasteiger partial charge in [0.1, 0.15) is 0 Å². The molecule has 4 nitrogen and oxygen atoms in total. The molecule has 0 aliphatic carbocycles. The lowest BCUT2D eigenvalue weighted by Gasteiger charge is -2.36. The highest BCUT2D eigenvalue weighted by Gasteiger charge is 2.30. The molecule has 0 saturated carbocycles. The summed E-state index contributed by atoms with van der Waals surface area (Å²) in [5, 5.41) is 2.89. The maximum Gasteiger partial charge on any atom is 0.228 e. The number of carbonyl (C=O) groups is 2. The van der Waals surface area contributed by atoms with E-state index in [0.29, 0.717) is 6.54 Å². The molecule has 92 valence electrons. The van der Waals surface area contributed by atoms with Gasteiger partial charge in [-0.25, -0.2) is 0 Å². The van der Waals surface area contributed by atoms with E-state index in [4.69, 9.17) is 0 Å². The van der Waals surface area contributed by atoms with Crippen LogP contribution in [0.3, 0.4) is 0 Å². The third-order valence-electron chi connectivity index (χ3n) is 2.76. The van der Waals surface area contributed by atoms with Crippen LogP contribution >= 0.6 is 0 Å². The third kappa shape index (κ3) is 3.51. The van der Waals surface area contributed by atoms with Gasteiger partial charge in [-0.2, -0.15) is 0 Å². The van der Waals surface area contributed by atoms with E-state index in [2.05, 4.69) is 5.32 Å². The van der Waals surface area contributed by atoms with Gasteiger partial charge < -0.3 is 10.2 Å². The van der Waals surface area contributed by atoms with Crippen molar-refractivity contribution >= 4 is 11.8 Å². The molecule has 1 saturated heterocycles. The van der Waals surface area contributed by atoms with Crippen molar-refractivity contribution in [1.29, 1.82) is 0 Å². The average molecular weight is 226 g/mol. The topological polar surface area (TPSA) is 49.4 Å². The fraction of sp³-hybridized carbons (Fsp3) is 0.833. The standard InChI is InChI=1S/C12H22N2O2/c1-9(15)13-10-6-5-7-14(8-10)11(16)12(2,3)4/h10H,5-8H2,1-4H3,(H,13,15). The second-order valence-corrected chi connectivity index (χ2v) is 5.54. The molecule has 0 aromatic rings. The van der Waals surface area contributed by atoms with E-state index in [1.54, 1.807) is 0 Å². The number of amides is 2. The zero-order chi connectivity index (χ0) is 12.3. The van der Waals surface area contributed by atoms with Gasteiger partial charge in [-0.15, -0.1) is 0 Å². The maximum atomic E-state index is 12.1. The second-order valence-electron chi connectivity index (χ2n) is 5.54. The summed E-state index contributed by atoms with van der Waals surface area (Å²) in [7, 11) is 0. The van der Waals surface area contributed by atoms with Gasteiger partial charge in [0.05, 0.1) is 0 Å². The summed E-state index contributed by atoms with van der Waals surface area (Å²) in [6.07, 6.45) is 1.93. The first-order chi connectivity index (χ1) is 7.30. The fourth-order valence-corrected chi connectivity index (χ4v) is 2.04. The van der Waals surface area contributed by atoms with Crippen LogP contribution < -0.4 is 5.32 Å². The van der Waals surface area contributed by atoms with Crippen LogP contribution in [0.15, 0.2) is 0 Å². The molecule has 0 radical (unpaired) electrons. The lowest BCUT2D eigenvalue weighted by Crippen LogP contribution is -2.51. The highest BCUT2D eigenvalue weighted by molar-refractivity contribution is 5.81. The first kappa shape index (κ1) is 13.0. The Labute approximate surface area is 97.4 Å². The lowest BCUT2D eigenvalue weighted by atomic mass is 9.93. The quantitative estimate of drug-likeness (QED) is 0.729. The summed E-state index contributed by atoms with van der Waals surface area (Å²) >= 11 is 0. The van der Waals surface area contributed by atoms with E-state index in [9.17, 15) is 9.59 Å². The van der Waals surface area contributed by atoms with E-state index in [1.807, 2.05) is 25.7 Å². The van der Waals surface area contributed by atoms with Gasteiger partial charge in [-0.1, -0.05) is 20.8 Å². The van der Waals surface area contributed by atoms with E-state index in [1.165, 1.54) is 6.92 Å². The first-order valence-corrected chi connectivity index (χ1v) is 5.87. The van der Waals surface area contributed by atoms with Crippen molar-refractivity contribution in [1.82, 2.24) is 10.2 Å². The number of piperidine rings is 1. The average Bonchev–Trinajstić information content (AvgIpc) is 2.14. The minimum absolute atomic E-state index is 0.0185. The molecule has 2 amide bonds. The summed E-state index contributed by atoms with van der Waals surface area (Å²) < 4.78 is 0. The molecule has 16 heavy (non-hydrogen) atoms. The van der Waals surface area contributed by atoms with Gasteiger partial charge in [-0.3, -0.25) is 9.59 Å². The Bertz CT molecular complexity index is 281. The Balaban J connectivity index is 2.57. The number of likely N-dealkylation sites (tertiary alicyclic amines) is 1. The Morgan fingerprint density at radius 2 is 1.94 bits per heavy atom. The summed E-state index contributed by atoms with van der Waals surface area (Å²) in [6, 6.07) is 0.123. The molecular weight excluding hydrogens is 204 g/mol. The SMILES string of the molecule is CC(=O)NC1CCCN(C(=O)C(C)(C)C)C1. The van der Waals surface area contributed by atoms with Crippen LogP contribution in [0.2, 0.25) is 0 Å². The van der Waals surface area contributed by atoms with Gasteiger partial charge in [-0.05, 0) is 12.8 Å². The van der Waals surface area contributed by atoms with Crippen LogP contribution in [0.4, 0.5) is 0 Å². The molecule has 0 aromatic heterocycles. The van der Waals surface area contributed by atoms with Gasteiger partial charge in [0.2, 0.25) is 11.8 Å². The van der Waals surface area contributed by atoms with Crippen molar-refractivity contribution in [2.45, 2.75) is 46.6 Å². The second kappa shape index (κ2) is 4.85. The zero-order valence-corrected chi connectivity index (χ0v) is 10.7. The monoisotopic (exact) mass is 226 g/mol. The predicted molar refractivity (Wildman–Crippen MR) is 62.9 cm³/mol. The molecule has 1 fully saturated rings. The summed E-state index contributed by atoms with van der Waals surface area (Å²) in [5.74, 6) is 0.151. The van der Waals surface area contributed by atoms with E-state index < -0.39 is 0 Å². The molecular formula is C12H22N2O2. The Morgan fingerprint density at radius 3 is 2.44 bits per heavy atom. The Hall–Kier alpha value is -1.06. The van der Waals surface area contributed by atoms with Crippen molar-refractivity contribution in [3.8, 4) is 0 Å². The summed E-state index contributed by atoms with van der Waals surface area (Å²) in [5.41, 5.74) is -0.335. The van der Waals surface area contributed by atoms with E-state index in [-0.39, 0.29) is 23.3 Å². The van der Waals surface area contributed by atoms with Gasteiger partial charge >= 0.3 is 0 Å². The van der Waals surface area contributed by atoms with Crippen molar-refractivity contribution in [2.75, 3.05) is 13.1 Å². The van der Waals surface area contributed by atoms with Crippen LogP contribution in [-0.4, -0.2) is 35.8 Å². The minimum atomic E-state index is -0.335. The third-order valence-corrected chi connectivity index (χ3v) is 2.76. The molecule has 1 heterocycles. The van der Waals surface area contributed by atoms with Crippen LogP contribution in [0.25, 0.3) is 0 Å². The molecule has 0 bridgehead atoms. The van der Waals surface area contributed by atoms with Crippen molar-refractivity contribution in [2.24, 2.45) is 5.41 Å². The molecule has 1 aliphatic heterocycles. The number of carbonyl (C=O) groups excluding carboxylic acids is 2. The Morgan fingerprint density at radius 1 is 1.31 bits per heavy atom. The molecule has 1 rings (SSSR count). The van der Waals surface area contributed by atoms with Crippen molar-refractivity contribution in [3.05, 3.63) is 0 Å². The number of hydrogen-bond donors (Lipinski definition) is 1. The van der Waals surface area contributed by atoms with Gasteiger partial charge in [0.25, 0.3) is 0 Å². The predicted octanol–water partition coefficient (Wildman–Crippen LogP) is 1.16. The largest absolute Gasteiger partial charge is 0.352 e. The number of rotatable bonds is 1. The Kier molecular flexibility index (Phi) is 3.94. The van der Waals surface area contributed by atoms with Crippen LogP contribution in [0.5, 0.6) is 0 Å². The number of hydrogen-bond acceptors (Lipinski definition) is 2. The van der Waals surface area contributed by atoms with Crippen molar-refractivity contribution < 1.29 is 9.59 Å². The van der Waals surface area contributed by atoms with Crippen molar-refractivity contribution in [3.63, 3.8) is 0 Å². The lowest BCUT2D eigenvalue weighted by molar-refractivity contribution is -0.141. The number of nitrogens with zero attached hydrogens (tertiary/aromatic N) is 1. The molecule has 4 heteroatoms. The number of nitrogens with one attached hydrogen (secondary N) is 1. The first-order valence-electron chi connectivity index (χ1n) is 5.87. The van der Waals surface area contributed by atoms with Crippen LogP contribution in [0, 0.1) is 5.41 Å². The maximum absolute atomic E-state index is 12.1. The highest BCUT2D eigenvalue weighted by Crippen LogP contribution is 2.20. The molecule has 1 N–H and O–H groups in total. The molecule has 0 aromatic carbocycles. The summed E-state index contributed by atoms with van der Waals surface area (Å²) in [6.45, 7) is 8.76. The zero-order valence-electron chi connectivity index (χ0n) is 10.7. The summed E-state index contributed by atoms with van der Waals surface area (Å²) in [4.78, 5) is 24.9. The smallest absolute Gasteiger partial charge is 0.228 e. The van der Waals surface area contributed by atoms with Crippen LogP contribution in [-0.2, 0) is 9.59 Å². The fourth-order valence-electron chi connectivity index (χ4n) is 2.04. The molecule has 0 spiro atoms. The van der Waals surface area contributed by atoms with Gasteiger partial charge in [0, 0.05) is 31.5 Å². The van der Waals surface area contributed by atoms with E-state index >= 15 is 0 Å².